The van der Waals surface area contributed by atoms with Crippen molar-refractivity contribution in [3.63, 3.8) is 0 Å². The highest BCUT2D eigenvalue weighted by Crippen LogP contribution is 2.56. The van der Waals surface area contributed by atoms with Gasteiger partial charge in [-0.25, -0.2) is 0 Å². The molecular formula is C60H88O19. The van der Waals surface area contributed by atoms with Gasteiger partial charge in [0.2, 0.25) is 0 Å². The van der Waals surface area contributed by atoms with Gasteiger partial charge in [0, 0.05) is 69.8 Å². The Labute approximate surface area is 464 Å². The maximum absolute atomic E-state index is 14.5. The average Bonchev–Trinajstić information content (AvgIpc) is 4.32. The maximum atomic E-state index is 14.5. The Bertz CT molecular complexity index is 2250. The van der Waals surface area contributed by atoms with Gasteiger partial charge in [0.25, 0.3) is 0 Å². The van der Waals surface area contributed by atoms with Crippen molar-refractivity contribution in [2.24, 2.45) is 29.6 Å². The van der Waals surface area contributed by atoms with Crippen LogP contribution in [0.25, 0.3) is 0 Å². The van der Waals surface area contributed by atoms with Crippen LogP contribution in [0.2, 0.25) is 0 Å². The Morgan fingerprint density at radius 1 is 0.557 bits per heavy atom. The number of carbonyl (C=O) groups is 1. The standard InChI is InChI=1S/C60H88O19/c1-27-13-34-7-9-39-28(2)14-36(67-39)11-12-65-25-37-49-26-66-57-56-40(71-55(37)58(57)74-49)10-8-35(69-56)16-50(64)75-54-32(6)53-45(70-44(54)17-41(68-34)31(27)5)19-43-47(73-53)22-60(76-43)23-48-52(79-60)30(4)21-59(78-48)20-29(3)51-46(77-59)18-42(72-51)38(63)15-33(62)24-61/h27,29-30,32-49,51-58,61-63H,2,5,7-26H2,1,3-4,6H3/t27-,29+,30+,32+,33-,34+,35-,36+,37-,38+,39+,40+,41?,42+,43-,44+,45+,46+,47-,48+,49+,51+,52+,53+,54-,55+,56+,57+,58-,59-,60+/m1/s1. The number of aliphatic hydroxyl groups excluding tert-OH is 3. The van der Waals surface area contributed by atoms with Gasteiger partial charge in [-0.3, -0.25) is 4.79 Å². The number of hydrogen-bond donors (Lipinski definition) is 3. The topological polar surface area (TPSA) is 216 Å². The molecular weight excluding hydrogens is 1020 g/mol. The molecule has 3 N–H and O–H groups in total. The molecule has 0 aromatic carbocycles. The first-order valence-electron chi connectivity index (χ1n) is 30.7. The first-order chi connectivity index (χ1) is 38.1. The lowest BCUT2D eigenvalue weighted by Gasteiger charge is -2.50. The zero-order valence-corrected chi connectivity index (χ0v) is 46.7. The number of rotatable bonds is 4. The smallest absolute Gasteiger partial charge is 0.308 e. The van der Waals surface area contributed by atoms with Crippen LogP contribution in [0.3, 0.4) is 0 Å². The summed E-state index contributed by atoms with van der Waals surface area (Å²) in [6, 6.07) is 0. The fraction of sp³-hybridized carbons (Fsp3) is 0.917. The van der Waals surface area contributed by atoms with E-state index < -0.39 is 48.7 Å². The molecule has 16 fully saturated rings. The van der Waals surface area contributed by atoms with Crippen molar-refractivity contribution < 1.29 is 91.2 Å². The highest BCUT2D eigenvalue weighted by Gasteiger charge is 2.66. The number of aliphatic hydroxyl groups is 3. The number of fused-ring (bicyclic) bond motifs is 6. The van der Waals surface area contributed by atoms with Crippen LogP contribution in [0.15, 0.2) is 24.3 Å². The largest absolute Gasteiger partial charge is 0.459 e. The van der Waals surface area contributed by atoms with Gasteiger partial charge in [0.15, 0.2) is 11.6 Å². The monoisotopic (exact) mass is 1110 g/mol. The molecule has 16 heterocycles. The SMILES string of the molecule is C=C1C2C[C@@H]3O[C@H]4C[C@H]5O[C@@]6(C[C@@H]7O[C@]8(C[C@H](C)[C@@H]9O[C@H]([C@@H](O)C[C@@H](O)CO)C[C@@H]9O8)C[C@H](C)[C@@H]7O6)C[C@H]5O[C@H]4[C@H](C)[C@H]3OC(=O)C[C@H]3CC[C@@H]4O[C@H]5[C@H](COCC[C@H]6CC(=C)[C@H](CC[C@@H](C[C@H]1C)O2)O6)[C@@H]1CO[C@H]([C@@H]5O1)[C@H]4O3. The lowest BCUT2D eigenvalue weighted by atomic mass is 9.79. The van der Waals surface area contributed by atoms with Gasteiger partial charge < -0.3 is 86.4 Å². The lowest BCUT2D eigenvalue weighted by Crippen LogP contribution is -2.62. The minimum Gasteiger partial charge on any atom is -0.459 e. The highest BCUT2D eigenvalue weighted by molar-refractivity contribution is 5.70. The molecule has 0 aromatic rings. The summed E-state index contributed by atoms with van der Waals surface area (Å²) in [4.78, 5) is 14.5. The van der Waals surface area contributed by atoms with Crippen LogP contribution in [0.5, 0.6) is 0 Å². The zero-order valence-electron chi connectivity index (χ0n) is 46.7. The van der Waals surface area contributed by atoms with E-state index in [-0.39, 0.29) is 164 Å². The molecule has 0 aromatic heterocycles. The summed E-state index contributed by atoms with van der Waals surface area (Å²) in [6.45, 7) is 18.9. The highest BCUT2D eigenvalue weighted by atomic mass is 16.8. The van der Waals surface area contributed by atoms with Crippen molar-refractivity contribution in [1.82, 2.24) is 0 Å². The molecule has 0 saturated carbocycles. The van der Waals surface area contributed by atoms with E-state index in [2.05, 4.69) is 40.9 Å². The molecule has 79 heavy (non-hydrogen) atoms. The summed E-state index contributed by atoms with van der Waals surface area (Å²) < 4.78 is 102. The third kappa shape index (κ3) is 10.3. The Kier molecular flexibility index (Phi) is 15.1. The normalized spacial score (nSPS) is 55.1. The van der Waals surface area contributed by atoms with Crippen LogP contribution in [0, 0.1) is 29.6 Å². The first kappa shape index (κ1) is 55.2. The Morgan fingerprint density at radius 2 is 1.28 bits per heavy atom. The number of esters is 1. The fourth-order valence-corrected chi connectivity index (χ4v) is 17.5. The molecule has 0 radical (unpaired) electrons. The molecule has 16 aliphatic rings. The minimum atomic E-state index is -1.02. The summed E-state index contributed by atoms with van der Waals surface area (Å²) in [5.74, 6) is -1.87. The van der Waals surface area contributed by atoms with Gasteiger partial charge in [-0.2, -0.15) is 0 Å². The van der Waals surface area contributed by atoms with E-state index in [9.17, 15) is 20.1 Å². The minimum absolute atomic E-state index is 0.0135. The second kappa shape index (κ2) is 21.7. The summed E-state index contributed by atoms with van der Waals surface area (Å²) in [7, 11) is 0. The van der Waals surface area contributed by atoms with Crippen LogP contribution in [0.1, 0.15) is 130 Å². The lowest BCUT2D eigenvalue weighted by molar-refractivity contribution is -0.347. The Hall–Kier alpha value is -1.73. The molecule has 31 atom stereocenters. The van der Waals surface area contributed by atoms with E-state index in [0.29, 0.717) is 71.2 Å². The van der Waals surface area contributed by atoms with Gasteiger partial charge in [-0.15, -0.1) is 0 Å². The molecule has 1 unspecified atom stereocenters. The van der Waals surface area contributed by atoms with E-state index >= 15 is 0 Å². The van der Waals surface area contributed by atoms with Crippen LogP contribution in [-0.2, 0) is 75.8 Å². The van der Waals surface area contributed by atoms with Crippen molar-refractivity contribution >= 4 is 5.97 Å². The molecule has 16 aliphatic heterocycles. The molecule has 16 rings (SSSR count). The average molecular weight is 1110 g/mol. The van der Waals surface area contributed by atoms with E-state index in [1.54, 1.807) is 0 Å². The van der Waals surface area contributed by atoms with Gasteiger partial charge in [-0.05, 0) is 73.8 Å². The predicted octanol–water partition coefficient (Wildman–Crippen LogP) is 4.68. The molecule has 16 saturated heterocycles. The van der Waals surface area contributed by atoms with Crippen molar-refractivity contribution in [1.29, 1.82) is 0 Å². The summed E-state index contributed by atoms with van der Waals surface area (Å²) in [5.41, 5.74) is 2.15. The number of hydrogen-bond acceptors (Lipinski definition) is 19. The van der Waals surface area contributed by atoms with Gasteiger partial charge in [-0.1, -0.05) is 40.9 Å². The van der Waals surface area contributed by atoms with Crippen molar-refractivity contribution in [3.8, 4) is 0 Å². The molecule has 0 amide bonds. The molecule has 0 aliphatic carbocycles. The summed E-state index contributed by atoms with van der Waals surface area (Å²) in [6.07, 6.45) is 1.55. The fourth-order valence-electron chi connectivity index (χ4n) is 17.5. The van der Waals surface area contributed by atoms with Crippen LogP contribution in [-0.4, -0.2) is 206 Å². The second-order valence-electron chi connectivity index (χ2n) is 27.0. The molecule has 2 spiro atoms. The van der Waals surface area contributed by atoms with Crippen LogP contribution < -0.4 is 0 Å². The van der Waals surface area contributed by atoms with E-state index in [1.165, 1.54) is 0 Å². The Morgan fingerprint density at radius 3 is 2.13 bits per heavy atom. The Balaban J connectivity index is 0.675. The number of carbonyl (C=O) groups excluding carboxylic acids is 1. The maximum Gasteiger partial charge on any atom is 0.308 e. The van der Waals surface area contributed by atoms with Crippen molar-refractivity contribution in [2.75, 3.05) is 26.4 Å². The van der Waals surface area contributed by atoms with Crippen LogP contribution >= 0.6 is 0 Å². The third-order valence-electron chi connectivity index (χ3n) is 21.4. The quantitative estimate of drug-likeness (QED) is 0.257. The van der Waals surface area contributed by atoms with Gasteiger partial charge >= 0.3 is 5.97 Å². The van der Waals surface area contributed by atoms with E-state index in [4.69, 9.17) is 71.1 Å². The second-order valence-corrected chi connectivity index (χ2v) is 27.0. The zero-order chi connectivity index (χ0) is 54.2. The summed E-state index contributed by atoms with van der Waals surface area (Å²) >= 11 is 0. The first-order valence-corrected chi connectivity index (χ1v) is 30.7. The van der Waals surface area contributed by atoms with Gasteiger partial charge in [0.05, 0.1) is 148 Å². The molecule has 19 nitrogen and oxygen atoms in total. The molecule has 11 bridgehead atoms. The van der Waals surface area contributed by atoms with Gasteiger partial charge in [0.1, 0.15) is 24.4 Å². The number of ether oxygens (including phenoxy) is 15. The molecule has 442 valence electrons. The van der Waals surface area contributed by atoms with E-state index in [0.717, 1.165) is 49.7 Å². The molecule has 19 heteroatoms. The summed E-state index contributed by atoms with van der Waals surface area (Å²) in [5, 5.41) is 30.3. The predicted molar refractivity (Wildman–Crippen MR) is 276 cm³/mol. The third-order valence-corrected chi connectivity index (χ3v) is 21.4. The van der Waals surface area contributed by atoms with E-state index in [1.807, 2.05) is 0 Å². The van der Waals surface area contributed by atoms with Crippen LogP contribution in [0.4, 0.5) is 0 Å². The van der Waals surface area contributed by atoms with Crippen molar-refractivity contribution in [2.45, 2.75) is 288 Å². The van der Waals surface area contributed by atoms with Crippen molar-refractivity contribution in [3.05, 3.63) is 24.3 Å².